The summed E-state index contributed by atoms with van der Waals surface area (Å²) in [6.45, 7) is 0. The highest BCUT2D eigenvalue weighted by atomic mass is 79.9. The second-order valence-corrected chi connectivity index (χ2v) is 7.86. The first-order valence-corrected chi connectivity index (χ1v) is 10.3. The van der Waals surface area contributed by atoms with Crippen LogP contribution in [0.4, 0.5) is 0 Å². The van der Waals surface area contributed by atoms with Crippen LogP contribution in [-0.4, -0.2) is 34.0 Å². The average Bonchev–Trinajstić information content (AvgIpc) is 3.16. The van der Waals surface area contributed by atoms with Crippen molar-refractivity contribution >= 4 is 33.3 Å². The Morgan fingerprint density at radius 1 is 0.929 bits per heavy atom. The van der Waals surface area contributed by atoms with E-state index in [0.717, 1.165) is 20.8 Å². The average molecular weight is 457 g/mol. The molecule has 2 aromatic carbocycles. The molecule has 0 fully saturated rings. The molecule has 2 aromatic heterocycles. The Morgan fingerprint density at radius 2 is 1.71 bits per heavy atom. The van der Waals surface area contributed by atoms with E-state index in [9.17, 15) is 0 Å². The van der Waals surface area contributed by atoms with Gasteiger partial charge >= 0.3 is 0 Å². The zero-order valence-corrected chi connectivity index (χ0v) is 17.7. The van der Waals surface area contributed by atoms with Crippen LogP contribution >= 0.6 is 27.7 Å². The van der Waals surface area contributed by atoms with Gasteiger partial charge in [0, 0.05) is 15.8 Å². The summed E-state index contributed by atoms with van der Waals surface area (Å²) in [5, 5.41) is 14.1. The summed E-state index contributed by atoms with van der Waals surface area (Å²) in [6, 6.07) is 17.8. The summed E-state index contributed by atoms with van der Waals surface area (Å²) < 4.78 is 13.5. The van der Waals surface area contributed by atoms with Crippen LogP contribution in [0.3, 0.4) is 0 Å². The summed E-state index contributed by atoms with van der Waals surface area (Å²) in [5.74, 6) is 2.79. The summed E-state index contributed by atoms with van der Waals surface area (Å²) in [7, 11) is 3.22. The van der Waals surface area contributed by atoms with E-state index in [2.05, 4.69) is 38.3 Å². The number of rotatable bonds is 6. The fourth-order valence-corrected chi connectivity index (χ4v) is 3.82. The molecule has 0 amide bonds. The van der Waals surface area contributed by atoms with E-state index in [1.807, 2.05) is 42.5 Å². The zero-order valence-electron chi connectivity index (χ0n) is 15.3. The predicted molar refractivity (Wildman–Crippen MR) is 113 cm³/mol. The van der Waals surface area contributed by atoms with Crippen molar-refractivity contribution in [3.8, 4) is 22.9 Å². The number of nitrogens with zero attached hydrogens (tertiary/aromatic N) is 4. The number of thioether (sulfide) groups is 1. The van der Waals surface area contributed by atoms with Crippen molar-refractivity contribution in [2.24, 2.45) is 0 Å². The van der Waals surface area contributed by atoms with Crippen molar-refractivity contribution in [2.45, 2.75) is 10.8 Å². The van der Waals surface area contributed by atoms with Crippen molar-refractivity contribution in [3.63, 3.8) is 0 Å². The second-order valence-electron chi connectivity index (χ2n) is 5.95. The number of hydrogen-bond donors (Lipinski definition) is 0. The molecule has 4 rings (SSSR count). The Morgan fingerprint density at radius 3 is 2.46 bits per heavy atom. The number of fused-ring (bicyclic) bond motifs is 1. The van der Waals surface area contributed by atoms with Gasteiger partial charge in [0.2, 0.25) is 0 Å². The van der Waals surface area contributed by atoms with Crippen LogP contribution in [0.5, 0.6) is 11.5 Å². The maximum atomic E-state index is 5.40. The topological polar surface area (TPSA) is 61.5 Å². The molecule has 6 nitrogen and oxygen atoms in total. The molecule has 0 saturated heterocycles. The highest BCUT2D eigenvalue weighted by molar-refractivity contribution is 9.10. The zero-order chi connectivity index (χ0) is 19.5. The molecule has 0 radical (unpaired) electrons. The van der Waals surface area contributed by atoms with E-state index < -0.39 is 0 Å². The molecule has 0 unspecified atom stereocenters. The summed E-state index contributed by atoms with van der Waals surface area (Å²) >= 11 is 5.13. The fraction of sp³-hybridized carbons (Fsp3) is 0.150. The van der Waals surface area contributed by atoms with Crippen molar-refractivity contribution in [3.05, 3.63) is 64.6 Å². The number of hydrogen-bond acceptors (Lipinski definition) is 6. The number of benzene rings is 2. The maximum Gasteiger partial charge on any atom is 0.185 e. The molecule has 0 bridgehead atoms. The largest absolute Gasteiger partial charge is 0.493 e. The van der Waals surface area contributed by atoms with Gasteiger partial charge in [0.1, 0.15) is 5.03 Å². The van der Waals surface area contributed by atoms with E-state index in [1.54, 1.807) is 30.5 Å². The predicted octanol–water partition coefficient (Wildman–Crippen LogP) is 4.86. The first-order chi connectivity index (χ1) is 13.7. The monoisotopic (exact) mass is 456 g/mol. The lowest BCUT2D eigenvalue weighted by molar-refractivity contribution is 0.355. The molecule has 0 aliphatic carbocycles. The van der Waals surface area contributed by atoms with E-state index in [0.29, 0.717) is 23.0 Å². The number of ether oxygens (including phenoxy) is 2. The molecule has 4 aromatic rings. The van der Waals surface area contributed by atoms with E-state index in [1.165, 1.54) is 5.56 Å². The van der Waals surface area contributed by atoms with Gasteiger partial charge in [-0.1, -0.05) is 39.8 Å². The number of halogens is 1. The first-order valence-electron chi connectivity index (χ1n) is 8.50. The lowest BCUT2D eigenvalue weighted by atomic mass is 10.2. The standard InChI is InChI=1S/C20H17BrN4O2S/c1-26-16-8-5-14(11-17(16)27-2)20-23-22-18-9-10-19(24-25(18)20)28-12-13-3-6-15(21)7-4-13/h3-11H,12H2,1-2H3. The Kier molecular flexibility index (Phi) is 5.50. The highest BCUT2D eigenvalue weighted by Crippen LogP contribution is 2.32. The molecule has 0 saturated carbocycles. The lowest BCUT2D eigenvalue weighted by Gasteiger charge is -2.09. The van der Waals surface area contributed by atoms with Gasteiger partial charge in [-0.05, 0) is 48.0 Å². The Bertz CT molecular complexity index is 1120. The van der Waals surface area contributed by atoms with Gasteiger partial charge in [-0.25, -0.2) is 0 Å². The number of methoxy groups -OCH3 is 2. The minimum Gasteiger partial charge on any atom is -0.493 e. The smallest absolute Gasteiger partial charge is 0.185 e. The van der Waals surface area contributed by atoms with Crippen LogP contribution in [0.2, 0.25) is 0 Å². The van der Waals surface area contributed by atoms with E-state index >= 15 is 0 Å². The molecule has 0 atom stereocenters. The minimum atomic E-state index is 0.637. The van der Waals surface area contributed by atoms with Gasteiger partial charge < -0.3 is 9.47 Å². The van der Waals surface area contributed by atoms with Gasteiger partial charge in [-0.2, -0.15) is 9.61 Å². The van der Waals surface area contributed by atoms with Crippen LogP contribution in [0.25, 0.3) is 17.0 Å². The molecule has 0 spiro atoms. The first kappa shape index (κ1) is 18.8. The molecular formula is C20H17BrN4O2S. The quantitative estimate of drug-likeness (QED) is 0.386. The molecular weight excluding hydrogens is 440 g/mol. The highest BCUT2D eigenvalue weighted by Gasteiger charge is 2.13. The summed E-state index contributed by atoms with van der Waals surface area (Å²) in [5.41, 5.74) is 2.78. The van der Waals surface area contributed by atoms with Crippen LogP contribution < -0.4 is 9.47 Å². The Balaban J connectivity index is 1.63. The molecule has 2 heterocycles. The van der Waals surface area contributed by atoms with Gasteiger partial charge in [0.15, 0.2) is 23.0 Å². The van der Waals surface area contributed by atoms with Crippen molar-refractivity contribution in [2.75, 3.05) is 14.2 Å². The van der Waals surface area contributed by atoms with Gasteiger partial charge in [0.05, 0.1) is 14.2 Å². The van der Waals surface area contributed by atoms with Gasteiger partial charge in [-0.15, -0.1) is 10.2 Å². The molecule has 0 aliphatic heterocycles. The van der Waals surface area contributed by atoms with E-state index in [4.69, 9.17) is 14.6 Å². The van der Waals surface area contributed by atoms with Crippen molar-refractivity contribution in [1.29, 1.82) is 0 Å². The van der Waals surface area contributed by atoms with E-state index in [-0.39, 0.29) is 0 Å². The SMILES string of the molecule is COc1ccc(-c2nnc3ccc(SCc4ccc(Br)cc4)nn23)cc1OC. The molecule has 0 aliphatic rings. The summed E-state index contributed by atoms with van der Waals surface area (Å²) in [6.07, 6.45) is 0. The summed E-state index contributed by atoms with van der Waals surface area (Å²) in [4.78, 5) is 0. The van der Waals surface area contributed by atoms with Gasteiger partial charge in [-0.3, -0.25) is 0 Å². The third kappa shape index (κ3) is 3.83. The van der Waals surface area contributed by atoms with Crippen LogP contribution in [-0.2, 0) is 5.75 Å². The maximum absolute atomic E-state index is 5.40. The molecule has 28 heavy (non-hydrogen) atoms. The Labute approximate surface area is 175 Å². The molecule has 0 N–H and O–H groups in total. The van der Waals surface area contributed by atoms with Crippen molar-refractivity contribution < 1.29 is 9.47 Å². The minimum absolute atomic E-state index is 0.637. The third-order valence-corrected chi connectivity index (χ3v) is 5.70. The normalized spacial score (nSPS) is 11.0. The third-order valence-electron chi connectivity index (χ3n) is 4.18. The lowest BCUT2D eigenvalue weighted by Crippen LogP contribution is -1.97. The van der Waals surface area contributed by atoms with Crippen LogP contribution in [0, 0.1) is 0 Å². The van der Waals surface area contributed by atoms with Crippen LogP contribution in [0.15, 0.2) is 64.1 Å². The van der Waals surface area contributed by atoms with Crippen LogP contribution in [0.1, 0.15) is 5.56 Å². The molecule has 142 valence electrons. The second kappa shape index (κ2) is 8.20. The fourth-order valence-electron chi connectivity index (χ4n) is 2.74. The van der Waals surface area contributed by atoms with Gasteiger partial charge in [0.25, 0.3) is 0 Å². The Hall–Kier alpha value is -2.58. The number of aromatic nitrogens is 4. The molecule has 8 heteroatoms. The van der Waals surface area contributed by atoms with Crippen molar-refractivity contribution in [1.82, 2.24) is 19.8 Å².